The Balaban J connectivity index is 1.75. The number of ketones is 1. The van der Waals surface area contributed by atoms with E-state index >= 15 is 0 Å². The maximum atomic E-state index is 14.3. The standard InChI is InChI=1S/C20H18ClFO3/c21-15-9-7-14(8-10-15)18(23)13-25-19(24)20(11-3-4-12-20)16-5-1-2-6-17(16)22/h1-2,5-10H,3-4,11-13H2. The van der Waals surface area contributed by atoms with Gasteiger partial charge < -0.3 is 4.74 Å². The van der Waals surface area contributed by atoms with Crippen LogP contribution in [-0.4, -0.2) is 18.4 Å². The summed E-state index contributed by atoms with van der Waals surface area (Å²) in [6, 6.07) is 12.7. The molecular formula is C20H18ClFO3. The van der Waals surface area contributed by atoms with E-state index in [1.165, 1.54) is 6.07 Å². The third-order valence-corrected chi connectivity index (χ3v) is 4.99. The molecule has 0 radical (unpaired) electrons. The van der Waals surface area contributed by atoms with Gasteiger partial charge >= 0.3 is 5.97 Å². The topological polar surface area (TPSA) is 43.4 Å². The molecule has 1 aliphatic rings. The smallest absolute Gasteiger partial charge is 0.317 e. The molecule has 0 aromatic heterocycles. The average molecular weight is 361 g/mol. The Morgan fingerprint density at radius 1 is 1.04 bits per heavy atom. The fourth-order valence-corrected chi connectivity index (χ4v) is 3.53. The highest BCUT2D eigenvalue weighted by Crippen LogP contribution is 2.43. The molecular weight excluding hydrogens is 343 g/mol. The van der Waals surface area contributed by atoms with Crippen LogP contribution in [0.4, 0.5) is 4.39 Å². The number of carbonyl (C=O) groups excluding carboxylic acids is 2. The Labute approximate surface area is 150 Å². The van der Waals surface area contributed by atoms with Gasteiger partial charge in [0.25, 0.3) is 0 Å². The molecule has 25 heavy (non-hydrogen) atoms. The summed E-state index contributed by atoms with van der Waals surface area (Å²) in [4.78, 5) is 24.9. The van der Waals surface area contributed by atoms with Gasteiger partial charge in [0.1, 0.15) is 5.82 Å². The van der Waals surface area contributed by atoms with Crippen LogP contribution in [0.5, 0.6) is 0 Å². The monoisotopic (exact) mass is 360 g/mol. The second-order valence-electron chi connectivity index (χ2n) is 6.28. The van der Waals surface area contributed by atoms with Gasteiger partial charge in [-0.2, -0.15) is 0 Å². The molecule has 0 atom stereocenters. The zero-order valence-electron chi connectivity index (χ0n) is 13.6. The quantitative estimate of drug-likeness (QED) is 0.572. The first-order valence-electron chi connectivity index (χ1n) is 8.24. The van der Waals surface area contributed by atoms with Crippen molar-refractivity contribution < 1.29 is 18.7 Å². The first kappa shape index (κ1) is 17.6. The van der Waals surface area contributed by atoms with Crippen molar-refractivity contribution in [2.45, 2.75) is 31.1 Å². The van der Waals surface area contributed by atoms with E-state index in [-0.39, 0.29) is 12.4 Å². The van der Waals surface area contributed by atoms with Gasteiger partial charge in [-0.25, -0.2) is 4.39 Å². The van der Waals surface area contributed by atoms with Gasteiger partial charge in [-0.15, -0.1) is 0 Å². The molecule has 130 valence electrons. The number of carbonyl (C=O) groups is 2. The van der Waals surface area contributed by atoms with Gasteiger partial charge in [0, 0.05) is 16.1 Å². The molecule has 0 heterocycles. The Bertz CT molecular complexity index is 780. The Morgan fingerprint density at radius 3 is 2.32 bits per heavy atom. The Kier molecular flexibility index (Phi) is 5.19. The van der Waals surface area contributed by atoms with Gasteiger partial charge in [-0.1, -0.05) is 42.6 Å². The minimum absolute atomic E-state index is 0.313. The molecule has 1 aliphatic carbocycles. The van der Waals surface area contributed by atoms with Crippen LogP contribution >= 0.6 is 11.6 Å². The van der Waals surface area contributed by atoms with Crippen LogP contribution in [0.15, 0.2) is 48.5 Å². The zero-order valence-corrected chi connectivity index (χ0v) is 14.4. The Hall–Kier alpha value is -2.20. The van der Waals surface area contributed by atoms with Gasteiger partial charge in [0.2, 0.25) is 0 Å². The van der Waals surface area contributed by atoms with Crippen molar-refractivity contribution in [2.24, 2.45) is 0 Å². The second kappa shape index (κ2) is 7.36. The lowest BCUT2D eigenvalue weighted by molar-refractivity contribution is -0.149. The van der Waals surface area contributed by atoms with Gasteiger partial charge in [0.05, 0.1) is 5.41 Å². The summed E-state index contributed by atoms with van der Waals surface area (Å²) < 4.78 is 19.6. The summed E-state index contributed by atoms with van der Waals surface area (Å²) in [6.45, 7) is -0.364. The van der Waals surface area contributed by atoms with Crippen LogP contribution in [0.1, 0.15) is 41.6 Å². The minimum atomic E-state index is -0.994. The van der Waals surface area contributed by atoms with E-state index in [0.29, 0.717) is 29.0 Å². The van der Waals surface area contributed by atoms with E-state index in [9.17, 15) is 14.0 Å². The zero-order chi connectivity index (χ0) is 17.9. The van der Waals surface area contributed by atoms with Crippen molar-refractivity contribution in [3.63, 3.8) is 0 Å². The van der Waals surface area contributed by atoms with Crippen LogP contribution in [-0.2, 0) is 14.9 Å². The molecule has 0 N–H and O–H groups in total. The normalized spacial score (nSPS) is 15.8. The largest absolute Gasteiger partial charge is 0.457 e. The Morgan fingerprint density at radius 2 is 1.68 bits per heavy atom. The van der Waals surface area contributed by atoms with Crippen LogP contribution in [0, 0.1) is 5.82 Å². The number of hydrogen-bond donors (Lipinski definition) is 0. The van der Waals surface area contributed by atoms with Crippen molar-refractivity contribution >= 4 is 23.4 Å². The number of esters is 1. The van der Waals surface area contributed by atoms with Crippen molar-refractivity contribution in [1.82, 2.24) is 0 Å². The first-order valence-corrected chi connectivity index (χ1v) is 8.62. The van der Waals surface area contributed by atoms with E-state index in [1.807, 2.05) is 0 Å². The van der Waals surface area contributed by atoms with Crippen molar-refractivity contribution in [2.75, 3.05) is 6.61 Å². The summed E-state index contributed by atoms with van der Waals surface area (Å²) in [7, 11) is 0. The summed E-state index contributed by atoms with van der Waals surface area (Å²) >= 11 is 5.80. The van der Waals surface area contributed by atoms with Crippen LogP contribution in [0.2, 0.25) is 5.02 Å². The molecule has 0 aliphatic heterocycles. The molecule has 0 spiro atoms. The lowest BCUT2D eigenvalue weighted by atomic mass is 9.78. The average Bonchev–Trinajstić information content (AvgIpc) is 3.11. The van der Waals surface area contributed by atoms with Gasteiger partial charge in [-0.3, -0.25) is 9.59 Å². The number of ether oxygens (including phenoxy) is 1. The number of benzene rings is 2. The van der Waals surface area contributed by atoms with E-state index in [4.69, 9.17) is 16.3 Å². The van der Waals surface area contributed by atoms with E-state index in [2.05, 4.69) is 0 Å². The maximum absolute atomic E-state index is 14.3. The predicted octanol–water partition coefficient (Wildman–Crippen LogP) is 4.72. The third kappa shape index (κ3) is 3.59. The molecule has 1 fully saturated rings. The highest BCUT2D eigenvalue weighted by Gasteiger charge is 2.45. The van der Waals surface area contributed by atoms with Gasteiger partial charge in [0.15, 0.2) is 12.4 Å². The number of halogens is 2. The van der Waals surface area contributed by atoms with Crippen LogP contribution < -0.4 is 0 Å². The third-order valence-electron chi connectivity index (χ3n) is 4.74. The molecule has 0 saturated heterocycles. The predicted molar refractivity (Wildman–Crippen MR) is 93.3 cm³/mol. The number of Topliss-reactive ketones (excluding diaryl/α,β-unsaturated/α-hetero) is 1. The van der Waals surface area contributed by atoms with E-state index in [0.717, 1.165) is 12.8 Å². The highest BCUT2D eigenvalue weighted by atomic mass is 35.5. The molecule has 0 amide bonds. The van der Waals surface area contributed by atoms with Gasteiger partial charge in [-0.05, 0) is 43.2 Å². The highest BCUT2D eigenvalue weighted by molar-refractivity contribution is 6.30. The minimum Gasteiger partial charge on any atom is -0.457 e. The fourth-order valence-electron chi connectivity index (χ4n) is 3.40. The van der Waals surface area contributed by atoms with E-state index in [1.54, 1.807) is 42.5 Å². The molecule has 1 saturated carbocycles. The first-order chi connectivity index (χ1) is 12.0. The molecule has 2 aromatic rings. The molecule has 5 heteroatoms. The summed E-state index contributed by atoms with van der Waals surface area (Å²) in [6.07, 6.45) is 2.72. The molecule has 2 aromatic carbocycles. The fraction of sp³-hybridized carbons (Fsp3) is 0.300. The second-order valence-corrected chi connectivity index (χ2v) is 6.71. The van der Waals surface area contributed by atoms with Crippen molar-refractivity contribution in [3.05, 3.63) is 70.5 Å². The lowest BCUT2D eigenvalue weighted by Gasteiger charge is -2.27. The van der Waals surface area contributed by atoms with Crippen molar-refractivity contribution in [1.29, 1.82) is 0 Å². The molecule has 0 bridgehead atoms. The number of rotatable bonds is 5. The SMILES string of the molecule is O=C(COC(=O)C1(c2ccccc2F)CCCC1)c1ccc(Cl)cc1. The van der Waals surface area contributed by atoms with Crippen LogP contribution in [0.25, 0.3) is 0 Å². The molecule has 3 rings (SSSR count). The van der Waals surface area contributed by atoms with Crippen LogP contribution in [0.3, 0.4) is 0 Å². The van der Waals surface area contributed by atoms with Crippen molar-refractivity contribution in [3.8, 4) is 0 Å². The summed E-state index contributed by atoms with van der Waals surface area (Å²) in [5, 5.41) is 0.526. The number of hydrogen-bond acceptors (Lipinski definition) is 3. The maximum Gasteiger partial charge on any atom is 0.317 e. The lowest BCUT2D eigenvalue weighted by Crippen LogP contribution is -2.36. The molecule has 3 nitrogen and oxygen atoms in total. The van der Waals surface area contributed by atoms with E-state index < -0.39 is 17.2 Å². The molecule has 0 unspecified atom stereocenters. The summed E-state index contributed by atoms with van der Waals surface area (Å²) in [5.74, 6) is -1.26. The summed E-state index contributed by atoms with van der Waals surface area (Å²) in [5.41, 5.74) is -0.217.